The first kappa shape index (κ1) is 14.9. The number of nitrogens with one attached hydrogen (secondary N) is 1. The van der Waals surface area contributed by atoms with Crippen molar-refractivity contribution in [2.75, 3.05) is 0 Å². The number of carbonyl (C=O) groups excluding carboxylic acids is 1. The molecule has 1 atom stereocenters. The number of carboxylic acids is 1. The summed E-state index contributed by atoms with van der Waals surface area (Å²) < 4.78 is 28.6. The van der Waals surface area contributed by atoms with Crippen LogP contribution in [0.3, 0.4) is 0 Å². The van der Waals surface area contributed by atoms with Crippen molar-refractivity contribution in [2.45, 2.75) is 26.0 Å². The second-order valence-electron chi connectivity index (χ2n) is 3.79. The number of benzene rings is 1. The lowest BCUT2D eigenvalue weighted by molar-refractivity contribution is -0.141. The molecule has 0 aliphatic heterocycles. The first-order valence-electron chi connectivity index (χ1n) is 5.45. The van der Waals surface area contributed by atoms with Crippen LogP contribution in [0.2, 0.25) is 0 Å². The molecule has 0 bridgehead atoms. The molecule has 19 heavy (non-hydrogen) atoms. The minimum absolute atomic E-state index is 0.101. The highest BCUT2D eigenvalue weighted by atomic mass is 19.3. The third kappa shape index (κ3) is 4.90. The summed E-state index contributed by atoms with van der Waals surface area (Å²) in [5.41, 5.74) is 0.262. The molecule has 5 nitrogen and oxygen atoms in total. The van der Waals surface area contributed by atoms with E-state index in [0.29, 0.717) is 0 Å². The van der Waals surface area contributed by atoms with Gasteiger partial charge in [0.1, 0.15) is 11.8 Å². The Labute approximate surface area is 108 Å². The van der Waals surface area contributed by atoms with E-state index >= 15 is 0 Å². The number of aliphatic carboxylic acids is 1. The lowest BCUT2D eigenvalue weighted by Crippen LogP contribution is -2.39. The van der Waals surface area contributed by atoms with Gasteiger partial charge < -0.3 is 15.2 Å². The summed E-state index contributed by atoms with van der Waals surface area (Å²) in [4.78, 5) is 22.1. The van der Waals surface area contributed by atoms with Gasteiger partial charge in [-0.3, -0.25) is 9.59 Å². The zero-order valence-electron chi connectivity index (χ0n) is 10.1. The van der Waals surface area contributed by atoms with Gasteiger partial charge in [0.15, 0.2) is 0 Å². The normalized spacial score (nSPS) is 12.0. The molecule has 0 radical (unpaired) electrons. The number of rotatable bonds is 6. The Kier molecular flexibility index (Phi) is 5.23. The highest BCUT2D eigenvalue weighted by Crippen LogP contribution is 2.20. The van der Waals surface area contributed by atoms with Crippen LogP contribution in [0.5, 0.6) is 5.75 Å². The molecule has 0 unspecified atom stereocenters. The van der Waals surface area contributed by atoms with Crippen molar-refractivity contribution >= 4 is 11.9 Å². The summed E-state index contributed by atoms with van der Waals surface area (Å²) in [6, 6.07) is 4.80. The fourth-order valence-electron chi connectivity index (χ4n) is 1.39. The number of hydrogen-bond acceptors (Lipinski definition) is 3. The Hall–Kier alpha value is -2.18. The average molecular weight is 273 g/mol. The predicted octanol–water partition coefficient (Wildman–Crippen LogP) is 1.42. The number of carboxylic acid groups (broad SMARTS) is 1. The standard InChI is InChI=1S/C12H13F2NO4/c1-7(11(17)18)15-10(16)6-8-4-2-3-5-9(8)19-12(13)14/h2-5,7,12H,6H2,1H3,(H,15,16)(H,17,18)/t7-/m1/s1. The Balaban J connectivity index is 2.71. The molecule has 0 heterocycles. The zero-order valence-corrected chi connectivity index (χ0v) is 10.1. The van der Waals surface area contributed by atoms with E-state index in [4.69, 9.17) is 5.11 Å². The van der Waals surface area contributed by atoms with Gasteiger partial charge in [-0.15, -0.1) is 0 Å². The zero-order chi connectivity index (χ0) is 14.4. The van der Waals surface area contributed by atoms with Gasteiger partial charge in [-0.05, 0) is 13.0 Å². The average Bonchev–Trinajstić information content (AvgIpc) is 2.30. The van der Waals surface area contributed by atoms with Gasteiger partial charge >= 0.3 is 12.6 Å². The molecule has 1 aromatic carbocycles. The van der Waals surface area contributed by atoms with Gasteiger partial charge in [-0.2, -0.15) is 8.78 Å². The molecule has 104 valence electrons. The van der Waals surface area contributed by atoms with Crippen molar-refractivity contribution in [3.05, 3.63) is 29.8 Å². The monoisotopic (exact) mass is 273 g/mol. The Bertz CT molecular complexity index is 465. The van der Waals surface area contributed by atoms with E-state index in [0.717, 1.165) is 0 Å². The second kappa shape index (κ2) is 6.67. The maximum absolute atomic E-state index is 12.2. The lowest BCUT2D eigenvalue weighted by atomic mass is 10.1. The maximum atomic E-state index is 12.2. The first-order chi connectivity index (χ1) is 8.90. The van der Waals surface area contributed by atoms with Crippen LogP contribution in [0.25, 0.3) is 0 Å². The van der Waals surface area contributed by atoms with Gasteiger partial charge in [0.2, 0.25) is 5.91 Å². The Morgan fingerprint density at radius 1 is 1.37 bits per heavy atom. The summed E-state index contributed by atoms with van der Waals surface area (Å²) in [7, 11) is 0. The highest BCUT2D eigenvalue weighted by Gasteiger charge is 2.16. The van der Waals surface area contributed by atoms with Crippen LogP contribution < -0.4 is 10.1 Å². The van der Waals surface area contributed by atoms with Crippen molar-refractivity contribution in [3.8, 4) is 5.75 Å². The molecule has 2 N–H and O–H groups in total. The summed E-state index contributed by atoms with van der Waals surface area (Å²) in [5.74, 6) is -1.86. The number of hydrogen-bond donors (Lipinski definition) is 2. The van der Waals surface area contributed by atoms with Crippen LogP contribution in [0.15, 0.2) is 24.3 Å². The number of ether oxygens (including phenoxy) is 1. The molecule has 7 heteroatoms. The van der Waals surface area contributed by atoms with Crippen LogP contribution in [0.4, 0.5) is 8.78 Å². The summed E-state index contributed by atoms with van der Waals surface area (Å²) in [6.45, 7) is -1.68. The molecule has 0 aliphatic rings. The minimum atomic E-state index is -2.98. The van der Waals surface area contributed by atoms with Crippen LogP contribution in [0.1, 0.15) is 12.5 Å². The van der Waals surface area contributed by atoms with Crippen molar-refractivity contribution in [3.63, 3.8) is 0 Å². The molecule has 0 saturated heterocycles. The lowest BCUT2D eigenvalue weighted by Gasteiger charge is -2.12. The number of carbonyl (C=O) groups is 2. The largest absolute Gasteiger partial charge is 0.480 e. The second-order valence-corrected chi connectivity index (χ2v) is 3.79. The number of amides is 1. The fourth-order valence-corrected chi connectivity index (χ4v) is 1.39. The van der Waals surface area contributed by atoms with Crippen molar-refractivity contribution in [2.24, 2.45) is 0 Å². The predicted molar refractivity (Wildman–Crippen MR) is 62.0 cm³/mol. The van der Waals surface area contributed by atoms with Gasteiger partial charge in [0.05, 0.1) is 6.42 Å². The number of para-hydroxylation sites is 1. The van der Waals surface area contributed by atoms with Gasteiger partial charge in [0.25, 0.3) is 0 Å². The van der Waals surface area contributed by atoms with E-state index in [-0.39, 0.29) is 17.7 Å². The number of alkyl halides is 2. The fraction of sp³-hybridized carbons (Fsp3) is 0.333. The van der Waals surface area contributed by atoms with Crippen molar-refractivity contribution in [1.82, 2.24) is 5.32 Å². The Morgan fingerprint density at radius 3 is 2.58 bits per heavy atom. The van der Waals surface area contributed by atoms with E-state index in [1.807, 2.05) is 0 Å². The van der Waals surface area contributed by atoms with E-state index < -0.39 is 24.5 Å². The summed E-state index contributed by atoms with van der Waals surface area (Å²) in [6.07, 6.45) is -0.236. The SMILES string of the molecule is C[C@@H](NC(=O)Cc1ccccc1OC(F)F)C(=O)O. The third-order valence-corrected chi connectivity index (χ3v) is 2.29. The van der Waals surface area contributed by atoms with E-state index in [1.165, 1.54) is 25.1 Å². The molecule has 1 amide bonds. The minimum Gasteiger partial charge on any atom is -0.480 e. The molecule has 0 saturated carbocycles. The maximum Gasteiger partial charge on any atom is 0.387 e. The van der Waals surface area contributed by atoms with Crippen LogP contribution in [0, 0.1) is 0 Å². The molecular formula is C12H13F2NO4. The van der Waals surface area contributed by atoms with Gasteiger partial charge in [0, 0.05) is 5.56 Å². The van der Waals surface area contributed by atoms with Gasteiger partial charge in [-0.1, -0.05) is 18.2 Å². The van der Waals surface area contributed by atoms with Crippen molar-refractivity contribution < 1.29 is 28.2 Å². The third-order valence-electron chi connectivity index (χ3n) is 2.29. The van der Waals surface area contributed by atoms with E-state index in [9.17, 15) is 18.4 Å². The summed E-state index contributed by atoms with van der Waals surface area (Å²) >= 11 is 0. The molecule has 0 fully saturated rings. The molecule has 0 aromatic heterocycles. The van der Waals surface area contributed by atoms with E-state index in [2.05, 4.69) is 10.1 Å². The molecule has 0 spiro atoms. The van der Waals surface area contributed by atoms with Crippen molar-refractivity contribution in [1.29, 1.82) is 0 Å². The van der Waals surface area contributed by atoms with Gasteiger partial charge in [-0.25, -0.2) is 0 Å². The molecular weight excluding hydrogens is 260 g/mol. The van der Waals surface area contributed by atoms with Crippen LogP contribution in [-0.2, 0) is 16.0 Å². The topological polar surface area (TPSA) is 75.6 Å². The van der Waals surface area contributed by atoms with E-state index in [1.54, 1.807) is 6.07 Å². The first-order valence-corrected chi connectivity index (χ1v) is 5.45. The van der Waals surface area contributed by atoms with Crippen LogP contribution in [-0.4, -0.2) is 29.6 Å². The molecule has 1 aromatic rings. The highest BCUT2D eigenvalue weighted by molar-refractivity contribution is 5.84. The summed E-state index contributed by atoms with van der Waals surface area (Å²) in [5, 5.41) is 10.9. The quantitative estimate of drug-likeness (QED) is 0.822. The molecule has 0 aliphatic carbocycles. The smallest absolute Gasteiger partial charge is 0.387 e. The number of halogens is 2. The molecule has 1 rings (SSSR count). The van der Waals surface area contributed by atoms with Crippen LogP contribution >= 0.6 is 0 Å². The Morgan fingerprint density at radius 2 is 2.00 bits per heavy atom.